The Hall–Kier alpha value is -4.71. The van der Waals surface area contributed by atoms with Crippen LogP contribution in [0.3, 0.4) is 0 Å². The Bertz CT molecular complexity index is 1760. The largest absolute Gasteiger partial charge is 0.462 e. The molecule has 6 nitrogen and oxygen atoms in total. The van der Waals surface area contributed by atoms with Crippen molar-refractivity contribution in [2.75, 3.05) is 13.2 Å². The summed E-state index contributed by atoms with van der Waals surface area (Å²) in [5.74, 6) is -0.955. The average molecular weight is 1120 g/mol. The summed E-state index contributed by atoms with van der Waals surface area (Å²) in [6, 6.07) is 0. The Kier molecular flexibility index (Phi) is 63.9. The lowest BCUT2D eigenvalue weighted by Crippen LogP contribution is -2.30. The molecule has 0 N–H and O–H groups in total. The maximum Gasteiger partial charge on any atom is 0.306 e. The summed E-state index contributed by atoms with van der Waals surface area (Å²) in [6.07, 6.45) is 97.0. The van der Waals surface area contributed by atoms with Crippen LogP contribution in [-0.4, -0.2) is 37.2 Å². The van der Waals surface area contributed by atoms with Gasteiger partial charge in [-0.25, -0.2) is 0 Å². The summed E-state index contributed by atoms with van der Waals surface area (Å²) in [5.41, 5.74) is 0. The smallest absolute Gasteiger partial charge is 0.306 e. The molecule has 0 aliphatic heterocycles. The van der Waals surface area contributed by atoms with Gasteiger partial charge in [0.25, 0.3) is 0 Å². The van der Waals surface area contributed by atoms with Gasteiger partial charge >= 0.3 is 17.9 Å². The molecule has 81 heavy (non-hydrogen) atoms. The molecule has 0 radical (unpaired) electrons. The third kappa shape index (κ3) is 66.0. The molecule has 0 amide bonds. The molecule has 0 rings (SSSR count). The number of unbranched alkanes of at least 4 members (excludes halogenated alkanes) is 24. The third-order valence-corrected chi connectivity index (χ3v) is 13.8. The van der Waals surface area contributed by atoms with E-state index in [9.17, 15) is 14.4 Å². The van der Waals surface area contributed by atoms with E-state index in [1.165, 1.54) is 103 Å². The van der Waals surface area contributed by atoms with E-state index in [0.717, 1.165) is 148 Å². The Morgan fingerprint density at radius 3 is 0.790 bits per heavy atom. The van der Waals surface area contributed by atoms with Crippen molar-refractivity contribution >= 4 is 17.9 Å². The average Bonchev–Trinajstić information content (AvgIpc) is 3.47. The zero-order valence-corrected chi connectivity index (χ0v) is 52.5. The van der Waals surface area contributed by atoms with Gasteiger partial charge in [-0.1, -0.05) is 269 Å². The second kappa shape index (κ2) is 67.8. The van der Waals surface area contributed by atoms with Crippen LogP contribution in [0.1, 0.15) is 290 Å². The van der Waals surface area contributed by atoms with E-state index in [-0.39, 0.29) is 31.1 Å². The molecule has 0 heterocycles. The van der Waals surface area contributed by atoms with E-state index >= 15 is 0 Å². The van der Waals surface area contributed by atoms with Crippen LogP contribution in [0.25, 0.3) is 0 Å². The number of ether oxygens (including phenoxy) is 3. The second-order valence-electron chi connectivity index (χ2n) is 21.6. The van der Waals surface area contributed by atoms with Crippen LogP contribution in [0, 0.1) is 0 Å². The van der Waals surface area contributed by atoms with E-state index in [4.69, 9.17) is 14.2 Å². The van der Waals surface area contributed by atoms with Crippen molar-refractivity contribution in [2.24, 2.45) is 0 Å². The van der Waals surface area contributed by atoms with Crippen LogP contribution >= 0.6 is 0 Å². The lowest BCUT2D eigenvalue weighted by atomic mass is 10.1. The van der Waals surface area contributed by atoms with Gasteiger partial charge in [0.2, 0.25) is 0 Å². The fourth-order valence-corrected chi connectivity index (χ4v) is 8.81. The highest BCUT2D eigenvalue weighted by Crippen LogP contribution is 2.14. The molecule has 0 saturated heterocycles. The fraction of sp³-hybridized carbons (Fsp3) is 0.640. The standard InChI is InChI=1S/C75H122O6/c1-4-7-10-13-16-19-22-25-28-31-33-35-36-37-38-40-41-44-47-50-53-56-59-62-65-68-74(77)80-71-72(70-79-73(76)67-64-61-58-55-52-49-46-43-30-27-24-21-18-15-12-9-6-3)81-75(78)69-66-63-60-57-54-51-48-45-42-39-34-32-29-26-23-20-17-14-11-8-5-2/h7,10,16,18-19,21,23,25-28,30,32-35,37-38,41-42,44-45,50,53,72H,4-6,8-9,11-15,17,20,22,24,29,31,36,39-40,43,46-49,51-52,54-71H2,1-3H3/b10-7-,19-16-,21-18-,26-23-,28-25-,30-27-,34-32-,35-33-,38-37-,44-41-,45-42-,53-50-. The summed E-state index contributed by atoms with van der Waals surface area (Å²) >= 11 is 0. The Labute approximate surface area is 499 Å². The molecule has 0 aromatic carbocycles. The van der Waals surface area contributed by atoms with Crippen LogP contribution in [0.4, 0.5) is 0 Å². The van der Waals surface area contributed by atoms with E-state index < -0.39 is 6.10 Å². The van der Waals surface area contributed by atoms with Gasteiger partial charge in [0.1, 0.15) is 13.2 Å². The lowest BCUT2D eigenvalue weighted by Gasteiger charge is -2.18. The van der Waals surface area contributed by atoms with E-state index in [1.54, 1.807) is 0 Å². The minimum atomic E-state index is -0.811. The molecular weight excluding hydrogens is 997 g/mol. The summed E-state index contributed by atoms with van der Waals surface area (Å²) in [4.78, 5) is 38.4. The summed E-state index contributed by atoms with van der Waals surface area (Å²) in [6.45, 7) is 6.45. The summed E-state index contributed by atoms with van der Waals surface area (Å²) in [7, 11) is 0. The molecule has 0 spiro atoms. The number of hydrogen-bond acceptors (Lipinski definition) is 6. The maximum absolute atomic E-state index is 12.9. The van der Waals surface area contributed by atoms with Crippen molar-refractivity contribution < 1.29 is 28.6 Å². The predicted octanol–water partition coefficient (Wildman–Crippen LogP) is 23.1. The van der Waals surface area contributed by atoms with Gasteiger partial charge in [0.05, 0.1) is 0 Å². The highest BCUT2D eigenvalue weighted by atomic mass is 16.6. The molecule has 458 valence electrons. The number of carbonyl (C=O) groups excluding carboxylic acids is 3. The van der Waals surface area contributed by atoms with Crippen LogP contribution in [-0.2, 0) is 28.6 Å². The molecule has 0 aliphatic carbocycles. The number of hydrogen-bond donors (Lipinski definition) is 0. The van der Waals surface area contributed by atoms with Crippen LogP contribution < -0.4 is 0 Å². The quantitative estimate of drug-likeness (QED) is 0.0261. The Balaban J connectivity index is 4.51. The topological polar surface area (TPSA) is 78.9 Å². The minimum Gasteiger partial charge on any atom is -0.462 e. The van der Waals surface area contributed by atoms with Crippen LogP contribution in [0.2, 0.25) is 0 Å². The van der Waals surface area contributed by atoms with E-state index in [2.05, 4.69) is 167 Å². The Morgan fingerprint density at radius 1 is 0.259 bits per heavy atom. The number of carbonyl (C=O) groups is 3. The van der Waals surface area contributed by atoms with E-state index in [1.807, 2.05) is 0 Å². The second-order valence-corrected chi connectivity index (χ2v) is 21.6. The molecule has 0 bridgehead atoms. The first-order valence-corrected chi connectivity index (χ1v) is 33.3. The molecule has 0 aliphatic rings. The zero-order valence-electron chi connectivity index (χ0n) is 52.5. The van der Waals surface area contributed by atoms with Crippen molar-refractivity contribution in [3.63, 3.8) is 0 Å². The zero-order chi connectivity index (χ0) is 58.5. The highest BCUT2D eigenvalue weighted by molar-refractivity contribution is 5.71. The third-order valence-electron chi connectivity index (χ3n) is 13.8. The molecule has 1 atom stereocenters. The molecule has 0 saturated carbocycles. The highest BCUT2D eigenvalue weighted by Gasteiger charge is 2.19. The van der Waals surface area contributed by atoms with Crippen molar-refractivity contribution in [3.8, 4) is 0 Å². The molecule has 0 aromatic heterocycles. The monoisotopic (exact) mass is 1120 g/mol. The van der Waals surface area contributed by atoms with Crippen molar-refractivity contribution in [3.05, 3.63) is 146 Å². The van der Waals surface area contributed by atoms with Gasteiger partial charge < -0.3 is 14.2 Å². The van der Waals surface area contributed by atoms with Gasteiger partial charge in [-0.2, -0.15) is 0 Å². The predicted molar refractivity (Wildman–Crippen MR) is 352 cm³/mol. The van der Waals surface area contributed by atoms with Gasteiger partial charge in [0.15, 0.2) is 6.10 Å². The van der Waals surface area contributed by atoms with Crippen LogP contribution in [0.15, 0.2) is 146 Å². The number of allylic oxidation sites excluding steroid dienone is 24. The molecule has 0 aromatic rings. The van der Waals surface area contributed by atoms with Crippen LogP contribution in [0.5, 0.6) is 0 Å². The van der Waals surface area contributed by atoms with Gasteiger partial charge in [-0.05, 0) is 148 Å². The first-order chi connectivity index (χ1) is 40.0. The van der Waals surface area contributed by atoms with Crippen molar-refractivity contribution in [1.82, 2.24) is 0 Å². The first kappa shape index (κ1) is 76.3. The van der Waals surface area contributed by atoms with Gasteiger partial charge in [0, 0.05) is 19.3 Å². The Morgan fingerprint density at radius 2 is 0.481 bits per heavy atom. The van der Waals surface area contributed by atoms with Crippen molar-refractivity contribution in [2.45, 2.75) is 297 Å². The SMILES string of the molecule is CC/C=C\C/C=C\C/C=C\C/C=C\C/C=C\C/C=C\C/C=C\CCCCCC(=O)OCC(COC(=O)CCCCCCCCC/C=C\C/C=C\CCCCC)OC(=O)CCCCCCCC/C=C\C/C=C\C/C=C\CCCCCCC. The lowest BCUT2D eigenvalue weighted by molar-refractivity contribution is -0.167. The maximum atomic E-state index is 12.9. The number of rotatable bonds is 59. The normalized spacial score (nSPS) is 13.1. The summed E-state index contributed by atoms with van der Waals surface area (Å²) in [5, 5.41) is 0. The van der Waals surface area contributed by atoms with E-state index in [0.29, 0.717) is 19.3 Å². The molecule has 6 heteroatoms. The van der Waals surface area contributed by atoms with Gasteiger partial charge in [-0.15, -0.1) is 0 Å². The number of esters is 3. The summed E-state index contributed by atoms with van der Waals surface area (Å²) < 4.78 is 16.9. The molecule has 0 fully saturated rings. The molecule has 1 unspecified atom stereocenters. The molecular formula is C75H122O6. The first-order valence-electron chi connectivity index (χ1n) is 33.3. The van der Waals surface area contributed by atoms with Crippen molar-refractivity contribution in [1.29, 1.82) is 0 Å². The fourth-order valence-electron chi connectivity index (χ4n) is 8.81. The van der Waals surface area contributed by atoms with Gasteiger partial charge in [-0.3, -0.25) is 14.4 Å². The minimum absolute atomic E-state index is 0.103.